The molecule has 18 heavy (non-hydrogen) atoms. The predicted octanol–water partition coefficient (Wildman–Crippen LogP) is 1.09. The highest BCUT2D eigenvalue weighted by Crippen LogP contribution is 2.20. The number of hydrazine groups is 1. The summed E-state index contributed by atoms with van der Waals surface area (Å²) in [6.45, 7) is 3.34. The van der Waals surface area contributed by atoms with Gasteiger partial charge in [-0.2, -0.15) is 5.26 Å². The zero-order chi connectivity index (χ0) is 13.8. The number of amides is 1. The number of nitrogens with zero attached hydrogens (tertiary/aromatic N) is 1. The van der Waals surface area contributed by atoms with Crippen molar-refractivity contribution in [2.75, 3.05) is 6.61 Å². The highest BCUT2D eigenvalue weighted by atomic mass is 19.1. The second kappa shape index (κ2) is 5.47. The molecule has 96 valence electrons. The Kier molecular flexibility index (Phi) is 4.23. The van der Waals surface area contributed by atoms with Crippen molar-refractivity contribution >= 4 is 5.91 Å². The second-order valence-electron chi connectivity index (χ2n) is 4.40. The van der Waals surface area contributed by atoms with Crippen molar-refractivity contribution in [1.82, 2.24) is 5.43 Å². The minimum Gasteiger partial charge on any atom is -0.492 e. The lowest BCUT2D eigenvalue weighted by molar-refractivity contribution is -0.130. The molecule has 0 spiro atoms. The number of ether oxygens (including phenoxy) is 1. The molecule has 1 rings (SSSR count). The topological polar surface area (TPSA) is 88.1 Å². The van der Waals surface area contributed by atoms with Gasteiger partial charge in [-0.3, -0.25) is 10.2 Å². The number of carbonyl (C=O) groups is 1. The van der Waals surface area contributed by atoms with Gasteiger partial charge in [0.2, 0.25) is 5.91 Å². The first kappa shape index (κ1) is 13.9. The van der Waals surface area contributed by atoms with Crippen molar-refractivity contribution in [1.29, 1.82) is 5.26 Å². The van der Waals surface area contributed by atoms with Crippen molar-refractivity contribution in [3.8, 4) is 11.8 Å². The molecule has 0 bridgehead atoms. The van der Waals surface area contributed by atoms with E-state index in [-0.39, 0.29) is 23.8 Å². The Morgan fingerprint density at radius 3 is 2.78 bits per heavy atom. The van der Waals surface area contributed by atoms with Crippen LogP contribution in [0.25, 0.3) is 0 Å². The van der Waals surface area contributed by atoms with Crippen molar-refractivity contribution in [2.24, 2.45) is 11.3 Å². The van der Waals surface area contributed by atoms with E-state index in [0.29, 0.717) is 0 Å². The summed E-state index contributed by atoms with van der Waals surface area (Å²) in [5.41, 5.74) is 1.15. The Morgan fingerprint density at radius 2 is 2.28 bits per heavy atom. The summed E-state index contributed by atoms with van der Waals surface area (Å²) in [6.07, 6.45) is 0. The lowest BCUT2D eigenvalue weighted by atomic mass is 9.94. The van der Waals surface area contributed by atoms with Gasteiger partial charge in [-0.1, -0.05) is 0 Å². The quantitative estimate of drug-likeness (QED) is 0.476. The van der Waals surface area contributed by atoms with E-state index in [4.69, 9.17) is 15.8 Å². The Bertz CT molecular complexity index is 495. The maximum Gasteiger partial charge on any atom is 0.242 e. The molecule has 0 heterocycles. The van der Waals surface area contributed by atoms with Gasteiger partial charge in [0.25, 0.3) is 0 Å². The van der Waals surface area contributed by atoms with E-state index in [9.17, 15) is 9.18 Å². The highest BCUT2D eigenvalue weighted by Gasteiger charge is 2.28. The zero-order valence-corrected chi connectivity index (χ0v) is 10.2. The van der Waals surface area contributed by atoms with E-state index in [1.54, 1.807) is 19.9 Å². The average Bonchev–Trinajstić information content (AvgIpc) is 2.35. The lowest BCUT2D eigenvalue weighted by Gasteiger charge is -2.22. The number of hydrogen-bond donors (Lipinski definition) is 2. The van der Waals surface area contributed by atoms with Gasteiger partial charge in [0, 0.05) is 6.07 Å². The van der Waals surface area contributed by atoms with Gasteiger partial charge in [0.15, 0.2) is 0 Å². The molecule has 1 aromatic carbocycles. The minimum atomic E-state index is -0.834. The molecule has 5 nitrogen and oxygen atoms in total. The summed E-state index contributed by atoms with van der Waals surface area (Å²) >= 11 is 0. The molecule has 6 heteroatoms. The van der Waals surface area contributed by atoms with Gasteiger partial charge in [0.1, 0.15) is 24.2 Å². The third-order valence-electron chi connectivity index (χ3n) is 2.41. The largest absolute Gasteiger partial charge is 0.492 e. The van der Waals surface area contributed by atoms with Gasteiger partial charge < -0.3 is 4.74 Å². The maximum atomic E-state index is 13.3. The SMILES string of the molecule is CC(C)(COc1ccc(C#N)c(F)c1)C(=O)NN. The van der Waals surface area contributed by atoms with Crippen LogP contribution in [0.5, 0.6) is 5.75 Å². The Labute approximate surface area is 104 Å². The number of halogens is 1. The molecule has 0 unspecified atom stereocenters. The van der Waals surface area contributed by atoms with E-state index in [1.807, 2.05) is 5.43 Å². The van der Waals surface area contributed by atoms with Crippen LogP contribution >= 0.6 is 0 Å². The van der Waals surface area contributed by atoms with Crippen molar-refractivity contribution < 1.29 is 13.9 Å². The summed E-state index contributed by atoms with van der Waals surface area (Å²) in [5.74, 6) is 4.26. The Balaban J connectivity index is 2.73. The number of nitriles is 1. The fourth-order valence-electron chi connectivity index (χ4n) is 1.20. The number of nitrogens with two attached hydrogens (primary N) is 1. The third-order valence-corrected chi connectivity index (χ3v) is 2.41. The molecule has 0 aliphatic carbocycles. The molecule has 0 radical (unpaired) electrons. The van der Waals surface area contributed by atoms with Crippen molar-refractivity contribution in [3.05, 3.63) is 29.6 Å². The molecule has 0 aliphatic rings. The molecule has 0 fully saturated rings. The first-order valence-electron chi connectivity index (χ1n) is 5.24. The molecule has 3 N–H and O–H groups in total. The summed E-state index contributed by atoms with van der Waals surface area (Å²) in [4.78, 5) is 11.4. The smallest absolute Gasteiger partial charge is 0.242 e. The van der Waals surface area contributed by atoms with Crippen LogP contribution in [-0.2, 0) is 4.79 Å². The van der Waals surface area contributed by atoms with Crippen LogP contribution in [0.4, 0.5) is 4.39 Å². The third kappa shape index (κ3) is 3.18. The van der Waals surface area contributed by atoms with Crippen LogP contribution in [0.15, 0.2) is 18.2 Å². The fraction of sp³-hybridized carbons (Fsp3) is 0.333. The van der Waals surface area contributed by atoms with Crippen molar-refractivity contribution in [3.63, 3.8) is 0 Å². The average molecular weight is 251 g/mol. The molecule has 0 aliphatic heterocycles. The summed E-state index contributed by atoms with van der Waals surface area (Å²) in [5, 5.41) is 8.58. The van der Waals surface area contributed by atoms with E-state index < -0.39 is 11.2 Å². The van der Waals surface area contributed by atoms with Crippen LogP contribution in [0.1, 0.15) is 19.4 Å². The number of hydrogen-bond acceptors (Lipinski definition) is 4. The van der Waals surface area contributed by atoms with Gasteiger partial charge >= 0.3 is 0 Å². The zero-order valence-electron chi connectivity index (χ0n) is 10.2. The lowest BCUT2D eigenvalue weighted by Crippen LogP contribution is -2.44. The summed E-state index contributed by atoms with van der Waals surface area (Å²) in [6, 6.07) is 5.61. The van der Waals surface area contributed by atoms with Crippen LogP contribution in [0, 0.1) is 22.6 Å². The molecular formula is C12H14FN3O2. The van der Waals surface area contributed by atoms with E-state index in [1.165, 1.54) is 12.1 Å². The normalized spacial score (nSPS) is 10.6. The van der Waals surface area contributed by atoms with Crippen LogP contribution < -0.4 is 16.0 Å². The second-order valence-corrected chi connectivity index (χ2v) is 4.40. The molecule has 1 aromatic rings. The highest BCUT2D eigenvalue weighted by molar-refractivity contribution is 5.81. The predicted molar refractivity (Wildman–Crippen MR) is 62.7 cm³/mol. The maximum absolute atomic E-state index is 13.3. The monoisotopic (exact) mass is 251 g/mol. The minimum absolute atomic E-state index is 0.0430. The van der Waals surface area contributed by atoms with E-state index in [2.05, 4.69) is 0 Å². The Morgan fingerprint density at radius 1 is 1.61 bits per heavy atom. The number of carbonyl (C=O) groups excluding carboxylic acids is 1. The standard InChI is InChI=1S/C12H14FN3O2/c1-12(2,11(17)16-15)7-18-9-4-3-8(6-14)10(13)5-9/h3-5H,7,15H2,1-2H3,(H,16,17). The first-order chi connectivity index (χ1) is 8.40. The van der Waals surface area contributed by atoms with Gasteiger partial charge in [-0.15, -0.1) is 0 Å². The molecular weight excluding hydrogens is 237 g/mol. The number of rotatable bonds is 4. The van der Waals surface area contributed by atoms with Gasteiger partial charge in [-0.25, -0.2) is 10.2 Å². The van der Waals surface area contributed by atoms with Gasteiger partial charge in [-0.05, 0) is 26.0 Å². The first-order valence-corrected chi connectivity index (χ1v) is 5.24. The summed E-state index contributed by atoms with van der Waals surface area (Å²) in [7, 11) is 0. The fourth-order valence-corrected chi connectivity index (χ4v) is 1.20. The molecule has 0 saturated heterocycles. The molecule has 0 atom stereocenters. The van der Waals surface area contributed by atoms with Crippen LogP contribution in [0.3, 0.4) is 0 Å². The van der Waals surface area contributed by atoms with E-state index in [0.717, 1.165) is 6.07 Å². The number of benzene rings is 1. The van der Waals surface area contributed by atoms with Crippen LogP contribution in [0.2, 0.25) is 0 Å². The van der Waals surface area contributed by atoms with Crippen LogP contribution in [-0.4, -0.2) is 12.5 Å². The Hall–Kier alpha value is -2.13. The summed E-state index contributed by atoms with van der Waals surface area (Å²) < 4.78 is 18.6. The molecule has 0 saturated carbocycles. The molecule has 0 aromatic heterocycles. The van der Waals surface area contributed by atoms with E-state index >= 15 is 0 Å². The van der Waals surface area contributed by atoms with Gasteiger partial charge in [0.05, 0.1) is 11.0 Å². The van der Waals surface area contributed by atoms with Crippen molar-refractivity contribution in [2.45, 2.75) is 13.8 Å². The molecule has 1 amide bonds. The number of nitrogens with one attached hydrogen (secondary N) is 1.